The molecule has 7 nitrogen and oxygen atoms in total. The molecule has 0 aliphatic heterocycles. The molecule has 2 aromatic carbocycles. The summed E-state index contributed by atoms with van der Waals surface area (Å²) >= 11 is 1.20. The minimum absolute atomic E-state index is 0.0285. The molecule has 1 amide bonds. The molecule has 4 aromatic rings. The van der Waals surface area contributed by atoms with Crippen molar-refractivity contribution in [3.63, 3.8) is 0 Å². The molecule has 2 aromatic heterocycles. The van der Waals surface area contributed by atoms with E-state index >= 15 is 0 Å². The summed E-state index contributed by atoms with van der Waals surface area (Å²) in [6.45, 7) is 0.503. The van der Waals surface area contributed by atoms with Crippen molar-refractivity contribution in [2.45, 2.75) is 18.1 Å². The van der Waals surface area contributed by atoms with Gasteiger partial charge in [-0.05, 0) is 42.0 Å². The minimum atomic E-state index is -4.77. The molecule has 0 unspecified atom stereocenters. The first-order valence-corrected chi connectivity index (χ1v) is 11.0. The fourth-order valence-corrected chi connectivity index (χ4v) is 3.82. The number of benzene rings is 2. The number of anilines is 1. The van der Waals surface area contributed by atoms with Gasteiger partial charge in [0, 0.05) is 23.6 Å². The van der Waals surface area contributed by atoms with E-state index < -0.39 is 6.36 Å². The quantitative estimate of drug-likeness (QED) is 0.353. The number of nitrogens with zero attached hydrogens (tertiary/aromatic N) is 4. The molecule has 4 rings (SSSR count). The number of rotatable bonds is 8. The minimum Gasteiger partial charge on any atom is -0.406 e. The summed E-state index contributed by atoms with van der Waals surface area (Å²) in [4.78, 5) is 16.6. The Balaban J connectivity index is 1.45. The summed E-state index contributed by atoms with van der Waals surface area (Å²) < 4.78 is 42.6. The first-order valence-electron chi connectivity index (χ1n) is 10.0. The molecule has 0 spiro atoms. The SMILES string of the molecule is O=C(CSc1nnc(-c2cccnc2)n1Cc1ccccc1)Nc1ccc(OC(F)(F)F)cc1. The van der Waals surface area contributed by atoms with Gasteiger partial charge in [-0.2, -0.15) is 0 Å². The van der Waals surface area contributed by atoms with Crippen molar-refractivity contribution in [1.82, 2.24) is 19.7 Å². The van der Waals surface area contributed by atoms with Crippen molar-refractivity contribution in [2.75, 3.05) is 11.1 Å². The highest BCUT2D eigenvalue weighted by Gasteiger charge is 2.31. The molecule has 174 valence electrons. The van der Waals surface area contributed by atoms with Crippen LogP contribution in [0.15, 0.2) is 84.3 Å². The third kappa shape index (κ3) is 6.35. The van der Waals surface area contributed by atoms with Gasteiger partial charge in [0.2, 0.25) is 5.91 Å². The Hall–Kier alpha value is -3.86. The molecule has 1 N–H and O–H groups in total. The lowest BCUT2D eigenvalue weighted by atomic mass is 10.2. The van der Waals surface area contributed by atoms with Crippen molar-refractivity contribution >= 4 is 23.4 Å². The monoisotopic (exact) mass is 485 g/mol. The fraction of sp³-hybridized carbons (Fsp3) is 0.130. The van der Waals surface area contributed by atoms with Gasteiger partial charge in [-0.1, -0.05) is 42.1 Å². The number of thioether (sulfide) groups is 1. The molecule has 34 heavy (non-hydrogen) atoms. The van der Waals surface area contributed by atoms with Gasteiger partial charge in [-0.15, -0.1) is 23.4 Å². The number of amides is 1. The summed E-state index contributed by atoms with van der Waals surface area (Å²) in [5.41, 5.74) is 2.19. The number of aromatic nitrogens is 4. The van der Waals surface area contributed by atoms with Gasteiger partial charge in [0.05, 0.1) is 12.3 Å². The molecule has 0 saturated carbocycles. The number of carbonyl (C=O) groups excluding carboxylic acids is 1. The topological polar surface area (TPSA) is 81.9 Å². The molecule has 0 bridgehead atoms. The normalized spacial score (nSPS) is 11.3. The maximum absolute atomic E-state index is 12.4. The van der Waals surface area contributed by atoms with E-state index in [0.717, 1.165) is 23.3 Å². The van der Waals surface area contributed by atoms with Gasteiger partial charge in [0.1, 0.15) is 5.75 Å². The molecule has 0 saturated heterocycles. The van der Waals surface area contributed by atoms with Crippen LogP contribution >= 0.6 is 11.8 Å². The van der Waals surface area contributed by atoms with E-state index in [0.29, 0.717) is 23.2 Å². The summed E-state index contributed by atoms with van der Waals surface area (Å²) in [6.07, 6.45) is -1.41. The van der Waals surface area contributed by atoms with Crippen LogP contribution in [0.4, 0.5) is 18.9 Å². The maximum atomic E-state index is 12.4. The molecule has 11 heteroatoms. The lowest BCUT2D eigenvalue weighted by molar-refractivity contribution is -0.274. The van der Waals surface area contributed by atoms with Crippen LogP contribution in [0.2, 0.25) is 0 Å². The van der Waals surface area contributed by atoms with Crippen molar-refractivity contribution in [1.29, 1.82) is 0 Å². The predicted molar refractivity (Wildman–Crippen MR) is 121 cm³/mol. The number of hydrogen-bond acceptors (Lipinski definition) is 6. The molecular formula is C23H18F3N5O2S. The second kappa shape index (κ2) is 10.4. The molecule has 0 aliphatic carbocycles. The van der Waals surface area contributed by atoms with Crippen LogP contribution in [0.1, 0.15) is 5.56 Å². The Morgan fingerprint density at radius 3 is 2.44 bits per heavy atom. The van der Waals surface area contributed by atoms with Crippen LogP contribution in [0.3, 0.4) is 0 Å². The lowest BCUT2D eigenvalue weighted by Crippen LogP contribution is -2.17. The fourth-order valence-electron chi connectivity index (χ4n) is 3.08. The zero-order valence-electron chi connectivity index (χ0n) is 17.6. The predicted octanol–water partition coefficient (Wildman–Crippen LogP) is 5.02. The first-order chi connectivity index (χ1) is 16.4. The highest BCUT2D eigenvalue weighted by molar-refractivity contribution is 7.99. The van der Waals surface area contributed by atoms with Gasteiger partial charge >= 0.3 is 6.36 Å². The zero-order chi connectivity index (χ0) is 24.0. The lowest BCUT2D eigenvalue weighted by Gasteiger charge is -2.11. The molecule has 0 aliphatic rings. The summed E-state index contributed by atoms with van der Waals surface area (Å²) in [6, 6.07) is 18.4. The molecule has 0 radical (unpaired) electrons. The third-order valence-electron chi connectivity index (χ3n) is 4.52. The van der Waals surface area contributed by atoms with E-state index in [2.05, 4.69) is 25.2 Å². The van der Waals surface area contributed by atoms with Crippen LogP contribution in [-0.2, 0) is 11.3 Å². The summed E-state index contributed by atoms with van der Waals surface area (Å²) in [7, 11) is 0. The van der Waals surface area contributed by atoms with Gasteiger partial charge in [0.15, 0.2) is 11.0 Å². The number of halogens is 3. The third-order valence-corrected chi connectivity index (χ3v) is 5.49. The first kappa shape index (κ1) is 23.3. The van der Waals surface area contributed by atoms with Gasteiger partial charge in [-0.3, -0.25) is 14.3 Å². The van der Waals surface area contributed by atoms with E-state index in [-0.39, 0.29) is 17.4 Å². The Morgan fingerprint density at radius 1 is 1.00 bits per heavy atom. The van der Waals surface area contributed by atoms with Gasteiger partial charge in [-0.25, -0.2) is 0 Å². The van der Waals surface area contributed by atoms with E-state index in [1.165, 1.54) is 23.9 Å². The smallest absolute Gasteiger partial charge is 0.406 e. The number of ether oxygens (including phenoxy) is 1. The second-order valence-corrected chi connectivity index (χ2v) is 7.97. The van der Waals surface area contributed by atoms with Crippen LogP contribution in [0, 0.1) is 0 Å². The number of alkyl halides is 3. The van der Waals surface area contributed by atoms with Crippen LogP contribution in [-0.4, -0.2) is 37.8 Å². The highest BCUT2D eigenvalue weighted by atomic mass is 32.2. The van der Waals surface area contributed by atoms with Crippen molar-refractivity contribution in [2.24, 2.45) is 0 Å². The van der Waals surface area contributed by atoms with Crippen LogP contribution in [0.5, 0.6) is 5.75 Å². The standard InChI is InChI=1S/C23H18F3N5O2S/c24-23(25,26)33-19-10-8-18(9-11-19)28-20(32)15-34-22-30-29-21(17-7-4-12-27-13-17)31(22)14-16-5-2-1-3-6-16/h1-13H,14-15H2,(H,28,32). The average molecular weight is 485 g/mol. The number of carbonyl (C=O) groups is 1. The molecule has 0 fully saturated rings. The average Bonchev–Trinajstić information content (AvgIpc) is 3.21. The largest absolute Gasteiger partial charge is 0.573 e. The van der Waals surface area contributed by atoms with E-state index in [1.54, 1.807) is 12.4 Å². The van der Waals surface area contributed by atoms with E-state index in [4.69, 9.17) is 0 Å². The van der Waals surface area contributed by atoms with Gasteiger partial charge in [0.25, 0.3) is 0 Å². The van der Waals surface area contributed by atoms with Crippen molar-refractivity contribution in [3.05, 3.63) is 84.7 Å². The summed E-state index contributed by atoms with van der Waals surface area (Å²) in [5.74, 6) is -0.0515. The molecule has 0 atom stereocenters. The zero-order valence-corrected chi connectivity index (χ0v) is 18.4. The van der Waals surface area contributed by atoms with E-state index in [1.807, 2.05) is 47.0 Å². The number of nitrogens with one attached hydrogen (secondary N) is 1. The second-order valence-electron chi connectivity index (χ2n) is 7.03. The maximum Gasteiger partial charge on any atom is 0.573 e. The Morgan fingerprint density at radius 2 is 1.76 bits per heavy atom. The Kier molecular flexibility index (Phi) is 7.12. The van der Waals surface area contributed by atoms with Crippen molar-refractivity contribution < 1.29 is 22.7 Å². The molecule has 2 heterocycles. The number of hydrogen-bond donors (Lipinski definition) is 1. The highest BCUT2D eigenvalue weighted by Crippen LogP contribution is 2.26. The number of pyridine rings is 1. The van der Waals surface area contributed by atoms with Crippen molar-refractivity contribution in [3.8, 4) is 17.1 Å². The van der Waals surface area contributed by atoms with E-state index in [9.17, 15) is 18.0 Å². The molecular weight excluding hydrogens is 467 g/mol. The summed E-state index contributed by atoms with van der Waals surface area (Å²) in [5, 5.41) is 11.8. The Bertz CT molecular complexity index is 1230. The van der Waals surface area contributed by atoms with Gasteiger partial charge < -0.3 is 10.1 Å². The van der Waals surface area contributed by atoms with Crippen LogP contribution < -0.4 is 10.1 Å². The van der Waals surface area contributed by atoms with Crippen LogP contribution in [0.25, 0.3) is 11.4 Å². The Labute approximate surface area is 197 Å².